The van der Waals surface area contributed by atoms with Crippen LogP contribution in [-0.4, -0.2) is 103 Å². The number of piperidine rings is 2. The predicted octanol–water partition coefficient (Wildman–Crippen LogP) is 9.40. The van der Waals surface area contributed by atoms with Crippen LogP contribution in [0.3, 0.4) is 0 Å². The molecule has 61 heavy (non-hydrogen) atoms. The molecule has 0 radical (unpaired) electrons. The third-order valence-electron chi connectivity index (χ3n) is 13.5. The number of fused-ring (bicyclic) bond motifs is 2. The highest BCUT2D eigenvalue weighted by molar-refractivity contribution is 5.84. The molecule has 0 bridgehead atoms. The molecule has 2 aliphatic heterocycles. The van der Waals surface area contributed by atoms with Gasteiger partial charge in [-0.25, -0.2) is 44.3 Å². The lowest BCUT2D eigenvalue weighted by Gasteiger charge is -2.37. The molecule has 2 N–H and O–H groups in total. The molecule has 2 aromatic carbocycles. The zero-order chi connectivity index (χ0) is 42.6. The van der Waals surface area contributed by atoms with Crippen molar-refractivity contribution in [3.05, 3.63) is 70.6 Å². The number of aromatic amines is 2. The summed E-state index contributed by atoms with van der Waals surface area (Å²) in [5.74, 6) is 3.90. The average molecular weight is 829 g/mol. The summed E-state index contributed by atoms with van der Waals surface area (Å²) in [5.41, 5.74) is 10.00. The van der Waals surface area contributed by atoms with Crippen molar-refractivity contribution in [3.8, 4) is 22.8 Å². The predicted molar refractivity (Wildman–Crippen MR) is 245 cm³/mol. The highest BCUT2D eigenvalue weighted by atomic mass is 19.1. The van der Waals surface area contributed by atoms with Gasteiger partial charge in [0.05, 0.1) is 44.6 Å². The summed E-state index contributed by atoms with van der Waals surface area (Å²) in [4.78, 5) is 42.9. The van der Waals surface area contributed by atoms with Gasteiger partial charge in [0.15, 0.2) is 0 Å². The lowest BCUT2D eigenvalue weighted by atomic mass is 9.92. The summed E-state index contributed by atoms with van der Waals surface area (Å²) < 4.78 is 14.6. The summed E-state index contributed by atoms with van der Waals surface area (Å²) in [6.07, 6.45) is 15.5. The number of nitrogens with one attached hydrogen (secondary N) is 2. The highest BCUT2D eigenvalue weighted by Gasteiger charge is 2.27. The molecular formula is C48H65FN12. The van der Waals surface area contributed by atoms with Crippen molar-refractivity contribution in [1.82, 2.24) is 49.7 Å². The number of hydrazine groups is 1. The summed E-state index contributed by atoms with van der Waals surface area (Å²) in [7, 11) is 4.46. The number of aromatic nitrogens is 8. The number of rotatable bonds is 16. The summed E-state index contributed by atoms with van der Waals surface area (Å²) in [6.45, 7) is 16.5. The van der Waals surface area contributed by atoms with E-state index in [4.69, 9.17) is 29.9 Å². The number of nitrogens with zero attached hydrogens (tertiary/aromatic N) is 10. The van der Waals surface area contributed by atoms with E-state index in [1.54, 1.807) is 13.0 Å². The molecule has 0 unspecified atom stereocenters. The number of hydrogen-bond donors (Lipinski definition) is 2. The first-order chi connectivity index (χ1) is 29.6. The van der Waals surface area contributed by atoms with Crippen molar-refractivity contribution < 1.29 is 4.39 Å². The number of imidazole rings is 2. The van der Waals surface area contributed by atoms with Crippen LogP contribution < -0.4 is 10.0 Å². The molecule has 4 aromatic heterocycles. The molecule has 0 aliphatic carbocycles. The number of hydrogen-bond acceptors (Lipinski definition) is 10. The number of aryl methyl sites for hydroxylation is 5. The minimum Gasteiger partial charge on any atom is -0.338 e. The molecule has 0 saturated carbocycles. The van der Waals surface area contributed by atoms with E-state index in [1.807, 2.05) is 12.4 Å². The Morgan fingerprint density at radius 1 is 0.656 bits per heavy atom. The van der Waals surface area contributed by atoms with Crippen LogP contribution in [0.4, 0.5) is 16.3 Å². The fourth-order valence-corrected chi connectivity index (χ4v) is 9.33. The van der Waals surface area contributed by atoms with Gasteiger partial charge in [0.1, 0.15) is 17.5 Å². The second kappa shape index (κ2) is 18.9. The normalized spacial score (nSPS) is 16.0. The van der Waals surface area contributed by atoms with Crippen molar-refractivity contribution in [2.45, 2.75) is 105 Å². The Bertz CT molecular complexity index is 2420. The van der Waals surface area contributed by atoms with E-state index in [9.17, 15) is 4.39 Å². The van der Waals surface area contributed by atoms with Gasteiger partial charge in [-0.1, -0.05) is 26.3 Å². The molecule has 0 amide bonds. The zero-order valence-corrected chi connectivity index (χ0v) is 37.5. The van der Waals surface area contributed by atoms with Crippen LogP contribution in [0.15, 0.2) is 36.7 Å². The van der Waals surface area contributed by atoms with Gasteiger partial charge in [-0.05, 0) is 166 Å². The molecule has 0 spiro atoms. The molecule has 12 nitrogen and oxygen atoms in total. The lowest BCUT2D eigenvalue weighted by Crippen LogP contribution is -2.47. The first-order valence-electron chi connectivity index (χ1n) is 22.8. The Morgan fingerprint density at radius 2 is 1.15 bits per heavy atom. The number of H-pyrrole nitrogens is 2. The number of benzene rings is 2. The molecule has 13 heteroatoms. The molecular weight excluding hydrogens is 764 g/mol. The van der Waals surface area contributed by atoms with E-state index in [2.05, 4.69) is 83.7 Å². The Morgan fingerprint density at radius 3 is 1.67 bits per heavy atom. The van der Waals surface area contributed by atoms with Gasteiger partial charge in [-0.2, -0.15) is 0 Å². The number of anilines is 2. The molecule has 324 valence electrons. The first kappa shape index (κ1) is 42.7. The van der Waals surface area contributed by atoms with E-state index < -0.39 is 0 Å². The molecule has 2 saturated heterocycles. The van der Waals surface area contributed by atoms with Crippen LogP contribution in [0.5, 0.6) is 0 Å². The molecule has 6 heterocycles. The molecule has 6 aromatic rings. The van der Waals surface area contributed by atoms with E-state index in [1.165, 1.54) is 42.9 Å². The van der Waals surface area contributed by atoms with Crippen LogP contribution in [-0.2, 0) is 12.8 Å². The van der Waals surface area contributed by atoms with E-state index in [0.717, 1.165) is 123 Å². The van der Waals surface area contributed by atoms with Gasteiger partial charge >= 0.3 is 0 Å². The zero-order valence-electron chi connectivity index (χ0n) is 37.5. The average Bonchev–Trinajstić information content (AvgIpc) is 3.91. The Balaban J connectivity index is 1.18. The van der Waals surface area contributed by atoms with Crippen molar-refractivity contribution in [2.75, 3.05) is 63.4 Å². The molecule has 8 rings (SSSR count). The van der Waals surface area contributed by atoms with Crippen LogP contribution in [0.1, 0.15) is 99.7 Å². The summed E-state index contributed by atoms with van der Waals surface area (Å²) in [6, 6.07) is 7.50. The fourth-order valence-electron chi connectivity index (χ4n) is 9.33. The molecule has 2 aliphatic rings. The first-order valence-corrected chi connectivity index (χ1v) is 22.8. The largest absolute Gasteiger partial charge is 0.338 e. The second-order valence-electron chi connectivity index (χ2n) is 17.8. The third-order valence-corrected chi connectivity index (χ3v) is 13.5. The van der Waals surface area contributed by atoms with Gasteiger partial charge in [-0.3, -0.25) is 0 Å². The lowest BCUT2D eigenvalue weighted by molar-refractivity contribution is 0.209. The van der Waals surface area contributed by atoms with Crippen LogP contribution in [0, 0.1) is 38.4 Å². The Labute approximate surface area is 360 Å². The number of likely N-dealkylation sites (tertiary alicyclic amines) is 2. The Kier molecular flexibility index (Phi) is 13.3. The highest BCUT2D eigenvalue weighted by Crippen LogP contribution is 2.32. The Hall–Kier alpha value is -5.01. The quantitative estimate of drug-likeness (QED) is 0.0913. The molecule has 0 atom stereocenters. The number of halogens is 1. The minimum atomic E-state index is -0.264. The summed E-state index contributed by atoms with van der Waals surface area (Å²) in [5, 5.41) is 4.54. The third kappa shape index (κ3) is 9.43. The van der Waals surface area contributed by atoms with Crippen LogP contribution in [0.2, 0.25) is 0 Å². The maximum absolute atomic E-state index is 14.6. The van der Waals surface area contributed by atoms with E-state index >= 15 is 0 Å². The van der Waals surface area contributed by atoms with Crippen molar-refractivity contribution in [1.29, 1.82) is 0 Å². The van der Waals surface area contributed by atoms with Gasteiger partial charge in [0, 0.05) is 31.0 Å². The molecule has 2 fully saturated rings. The standard InChI is InChI=1S/C48H65FN12/c1-8-12-40-37(46-52-41-17-15-31(3)32(4)43(41)56-46)30-51-48(55-40)61(24-11-14-35-21-27-59(7)28-22-35)60(23-10-13-34-19-25-58(6)26-20-34)47-50-29-36(39(9-2)54-47)45-53-42-18-16-38(49)33(5)44(42)57-45/h15-18,29-30,34-35H,8-14,19-28H2,1-7H3,(H,52,56)(H,53,57). The summed E-state index contributed by atoms with van der Waals surface area (Å²) >= 11 is 0. The van der Waals surface area contributed by atoms with Crippen LogP contribution in [0.25, 0.3) is 44.8 Å². The monoisotopic (exact) mass is 829 g/mol. The van der Waals surface area contributed by atoms with Crippen molar-refractivity contribution in [2.24, 2.45) is 11.8 Å². The van der Waals surface area contributed by atoms with Gasteiger partial charge in [0.2, 0.25) is 11.9 Å². The van der Waals surface area contributed by atoms with Gasteiger partial charge in [-0.15, -0.1) is 0 Å². The van der Waals surface area contributed by atoms with Gasteiger partial charge in [0.25, 0.3) is 0 Å². The second-order valence-corrected chi connectivity index (χ2v) is 17.8. The SMILES string of the molecule is CCCc1nc(N(CCCC2CCN(C)CC2)N(CCCC2CCN(C)CC2)c2ncc(-c3nc4c(C)c(F)ccc4[nH]3)c(CC)n2)ncc1-c1nc2c(C)c(C)ccc2[nH]1. The minimum absolute atomic E-state index is 0.264. The smallest absolute Gasteiger partial charge is 0.244 e. The van der Waals surface area contributed by atoms with E-state index in [-0.39, 0.29) is 5.82 Å². The maximum atomic E-state index is 14.6. The van der Waals surface area contributed by atoms with E-state index in [0.29, 0.717) is 47.1 Å². The van der Waals surface area contributed by atoms with Crippen molar-refractivity contribution in [3.63, 3.8) is 0 Å². The van der Waals surface area contributed by atoms with Crippen LogP contribution >= 0.6 is 0 Å². The van der Waals surface area contributed by atoms with Gasteiger partial charge < -0.3 is 19.8 Å². The maximum Gasteiger partial charge on any atom is 0.244 e. The van der Waals surface area contributed by atoms with Crippen molar-refractivity contribution >= 4 is 34.0 Å². The fraction of sp³-hybridized carbons (Fsp3) is 0.542. The topological polar surface area (TPSA) is 122 Å².